The van der Waals surface area contributed by atoms with E-state index in [0.717, 1.165) is 0 Å². The molecule has 0 heterocycles. The third-order valence-corrected chi connectivity index (χ3v) is 4.48. The Morgan fingerprint density at radius 3 is 1.44 bits per heavy atom. The van der Waals surface area contributed by atoms with Crippen molar-refractivity contribution in [2.45, 2.75) is 25.7 Å². The average Bonchev–Trinajstić information content (AvgIpc) is 2.32. The van der Waals surface area contributed by atoms with E-state index < -0.39 is 0 Å². The van der Waals surface area contributed by atoms with Gasteiger partial charge >= 0.3 is 0 Å². The zero-order valence-electron chi connectivity index (χ0n) is 10.7. The van der Waals surface area contributed by atoms with Gasteiger partial charge < -0.3 is 4.90 Å². The van der Waals surface area contributed by atoms with Crippen molar-refractivity contribution < 1.29 is 0 Å². The molecule has 0 fully saturated rings. The minimum atomic E-state index is 1.25. The molecular weight excluding hydrogens is 218 g/mol. The average molecular weight is 235 g/mol. The van der Waals surface area contributed by atoms with Crippen LogP contribution in [0.3, 0.4) is 0 Å². The van der Waals surface area contributed by atoms with Crippen LogP contribution in [0.4, 0.5) is 11.4 Å². The SMILES string of the molecule is CN(c1ccc2c(c1)CC2)c1ccc2c(c1)CC2. The van der Waals surface area contributed by atoms with Crippen molar-refractivity contribution in [3.63, 3.8) is 0 Å². The molecule has 0 atom stereocenters. The number of fused-ring (bicyclic) bond motifs is 2. The second-order valence-corrected chi connectivity index (χ2v) is 5.47. The smallest absolute Gasteiger partial charge is 0.0411 e. The first kappa shape index (κ1) is 10.2. The molecule has 4 rings (SSSR count). The summed E-state index contributed by atoms with van der Waals surface area (Å²) in [5.41, 5.74) is 8.75. The first-order valence-corrected chi connectivity index (χ1v) is 6.78. The second kappa shape index (κ2) is 3.61. The Hall–Kier alpha value is -1.76. The quantitative estimate of drug-likeness (QED) is 0.768. The minimum Gasteiger partial charge on any atom is -0.345 e. The van der Waals surface area contributed by atoms with Gasteiger partial charge in [-0.25, -0.2) is 0 Å². The van der Waals surface area contributed by atoms with Crippen molar-refractivity contribution in [1.29, 1.82) is 0 Å². The van der Waals surface area contributed by atoms with Crippen LogP contribution in [0.25, 0.3) is 0 Å². The van der Waals surface area contributed by atoms with Crippen LogP contribution in [0.2, 0.25) is 0 Å². The van der Waals surface area contributed by atoms with Crippen LogP contribution < -0.4 is 4.90 Å². The van der Waals surface area contributed by atoms with Crippen LogP contribution in [-0.4, -0.2) is 7.05 Å². The lowest BCUT2D eigenvalue weighted by Crippen LogP contribution is -2.15. The molecule has 0 amide bonds. The Morgan fingerprint density at radius 1 is 0.667 bits per heavy atom. The van der Waals surface area contributed by atoms with Crippen molar-refractivity contribution in [2.75, 3.05) is 11.9 Å². The van der Waals surface area contributed by atoms with Gasteiger partial charge in [-0.05, 0) is 72.2 Å². The molecule has 0 aliphatic heterocycles. The standard InChI is InChI=1S/C17H17N/c1-18(16-8-6-12-2-4-14(12)10-16)17-9-7-13-3-5-15(13)11-17/h6-11H,2-5H2,1H3. The highest BCUT2D eigenvalue weighted by Gasteiger charge is 2.17. The van der Waals surface area contributed by atoms with E-state index in [1.54, 1.807) is 0 Å². The van der Waals surface area contributed by atoms with E-state index in [1.165, 1.54) is 59.3 Å². The maximum absolute atomic E-state index is 2.35. The van der Waals surface area contributed by atoms with Crippen molar-refractivity contribution in [3.8, 4) is 0 Å². The van der Waals surface area contributed by atoms with Crippen LogP contribution in [0.1, 0.15) is 22.3 Å². The van der Waals surface area contributed by atoms with Crippen LogP contribution in [0.5, 0.6) is 0 Å². The summed E-state index contributed by atoms with van der Waals surface area (Å²) < 4.78 is 0. The van der Waals surface area contributed by atoms with Crippen molar-refractivity contribution in [1.82, 2.24) is 0 Å². The molecule has 0 spiro atoms. The van der Waals surface area contributed by atoms with Gasteiger partial charge in [0, 0.05) is 18.4 Å². The minimum absolute atomic E-state index is 1.25. The molecule has 2 aromatic rings. The van der Waals surface area contributed by atoms with E-state index >= 15 is 0 Å². The zero-order valence-corrected chi connectivity index (χ0v) is 10.7. The van der Waals surface area contributed by atoms with Gasteiger partial charge in [0.15, 0.2) is 0 Å². The topological polar surface area (TPSA) is 3.24 Å². The molecule has 0 bridgehead atoms. The third kappa shape index (κ3) is 1.40. The Bertz CT molecular complexity index is 572. The fourth-order valence-corrected chi connectivity index (χ4v) is 2.93. The van der Waals surface area contributed by atoms with Gasteiger partial charge in [0.05, 0.1) is 0 Å². The van der Waals surface area contributed by atoms with Gasteiger partial charge in [0.25, 0.3) is 0 Å². The van der Waals surface area contributed by atoms with E-state index in [0.29, 0.717) is 0 Å². The molecule has 90 valence electrons. The molecule has 2 aromatic carbocycles. The first-order valence-electron chi connectivity index (χ1n) is 6.78. The van der Waals surface area contributed by atoms with Crippen LogP contribution >= 0.6 is 0 Å². The van der Waals surface area contributed by atoms with Crippen molar-refractivity contribution in [2.24, 2.45) is 0 Å². The first-order chi connectivity index (χ1) is 8.81. The molecule has 0 radical (unpaired) electrons. The van der Waals surface area contributed by atoms with Gasteiger partial charge in [-0.15, -0.1) is 0 Å². The molecule has 0 aromatic heterocycles. The van der Waals surface area contributed by atoms with E-state index in [2.05, 4.69) is 48.3 Å². The zero-order chi connectivity index (χ0) is 12.1. The molecule has 0 saturated carbocycles. The molecule has 0 saturated heterocycles. The summed E-state index contributed by atoms with van der Waals surface area (Å²) >= 11 is 0. The number of rotatable bonds is 2. The predicted molar refractivity (Wildman–Crippen MR) is 75.8 cm³/mol. The normalized spacial score (nSPS) is 15.2. The molecular formula is C17H17N. The van der Waals surface area contributed by atoms with E-state index in [4.69, 9.17) is 0 Å². The Balaban J connectivity index is 1.70. The van der Waals surface area contributed by atoms with Gasteiger partial charge in [-0.2, -0.15) is 0 Å². The number of anilines is 2. The van der Waals surface area contributed by atoms with Crippen LogP contribution in [0.15, 0.2) is 36.4 Å². The number of nitrogens with zero attached hydrogens (tertiary/aromatic N) is 1. The second-order valence-electron chi connectivity index (χ2n) is 5.47. The highest BCUT2D eigenvalue weighted by Crippen LogP contribution is 2.33. The summed E-state index contributed by atoms with van der Waals surface area (Å²) in [6, 6.07) is 13.8. The summed E-state index contributed by atoms with van der Waals surface area (Å²) in [6.45, 7) is 0. The molecule has 2 aliphatic rings. The fourth-order valence-electron chi connectivity index (χ4n) is 2.93. The lowest BCUT2D eigenvalue weighted by molar-refractivity contribution is 0.835. The summed E-state index contributed by atoms with van der Waals surface area (Å²) in [5, 5.41) is 0. The van der Waals surface area contributed by atoms with Crippen molar-refractivity contribution in [3.05, 3.63) is 58.7 Å². The van der Waals surface area contributed by atoms with Gasteiger partial charge in [0.1, 0.15) is 0 Å². The maximum atomic E-state index is 2.35. The fraction of sp³-hybridized carbons (Fsp3) is 0.294. The van der Waals surface area contributed by atoms with E-state index in [9.17, 15) is 0 Å². The maximum Gasteiger partial charge on any atom is 0.0411 e. The predicted octanol–water partition coefficient (Wildman–Crippen LogP) is 3.65. The number of benzene rings is 2. The van der Waals surface area contributed by atoms with E-state index in [-0.39, 0.29) is 0 Å². The van der Waals surface area contributed by atoms with Gasteiger partial charge in [-0.3, -0.25) is 0 Å². The highest BCUT2D eigenvalue weighted by molar-refractivity contribution is 5.66. The lowest BCUT2D eigenvalue weighted by atomic mass is 9.87. The van der Waals surface area contributed by atoms with E-state index in [1.807, 2.05) is 0 Å². The summed E-state index contributed by atoms with van der Waals surface area (Å²) in [6.07, 6.45) is 5.03. The van der Waals surface area contributed by atoms with Gasteiger partial charge in [0.2, 0.25) is 0 Å². The molecule has 18 heavy (non-hydrogen) atoms. The molecule has 1 nitrogen and oxygen atoms in total. The van der Waals surface area contributed by atoms with Crippen LogP contribution in [-0.2, 0) is 25.7 Å². The molecule has 1 heteroatoms. The number of hydrogen-bond acceptors (Lipinski definition) is 1. The molecule has 0 unspecified atom stereocenters. The molecule has 0 N–H and O–H groups in total. The lowest BCUT2D eigenvalue weighted by Gasteiger charge is -2.27. The highest BCUT2D eigenvalue weighted by atomic mass is 15.1. The summed E-state index contributed by atoms with van der Waals surface area (Å²) in [5.74, 6) is 0. The largest absolute Gasteiger partial charge is 0.345 e. The summed E-state index contributed by atoms with van der Waals surface area (Å²) in [4.78, 5) is 2.30. The Labute approximate surface area is 108 Å². The number of hydrogen-bond donors (Lipinski definition) is 0. The van der Waals surface area contributed by atoms with Gasteiger partial charge in [-0.1, -0.05) is 12.1 Å². The third-order valence-electron chi connectivity index (χ3n) is 4.48. The molecule has 2 aliphatic carbocycles. The monoisotopic (exact) mass is 235 g/mol. The van der Waals surface area contributed by atoms with Crippen molar-refractivity contribution >= 4 is 11.4 Å². The van der Waals surface area contributed by atoms with Crippen LogP contribution in [0, 0.1) is 0 Å². The Morgan fingerprint density at radius 2 is 1.11 bits per heavy atom. The number of aryl methyl sites for hydroxylation is 4. The summed E-state index contributed by atoms with van der Waals surface area (Å²) in [7, 11) is 2.17. The Kier molecular flexibility index (Phi) is 2.05.